The average molecular weight is 350 g/mol. The van der Waals surface area contributed by atoms with Crippen LogP contribution >= 0.6 is 11.3 Å². The predicted octanol–water partition coefficient (Wildman–Crippen LogP) is 2.34. The molecule has 5 nitrogen and oxygen atoms in total. The fourth-order valence-electron chi connectivity index (χ4n) is 3.70. The third-order valence-electron chi connectivity index (χ3n) is 5.14. The molecule has 2 fully saturated rings. The first kappa shape index (κ1) is 17.4. The van der Waals surface area contributed by atoms with Gasteiger partial charge in [0, 0.05) is 56.1 Å². The van der Waals surface area contributed by atoms with E-state index in [1.54, 1.807) is 0 Å². The topological polar surface area (TPSA) is 52.7 Å². The number of carbonyl (C=O) groups is 2. The van der Waals surface area contributed by atoms with Crippen LogP contribution < -0.4 is 5.32 Å². The highest BCUT2D eigenvalue weighted by Crippen LogP contribution is 2.24. The third-order valence-corrected chi connectivity index (χ3v) is 5.83. The minimum Gasteiger partial charge on any atom is -0.352 e. The van der Waals surface area contributed by atoms with Crippen LogP contribution in [0.5, 0.6) is 0 Å². The SMILES string of the molecule is O=C(NCCCC(=O)N1CCN(C2CCCC2)CC1)c1ccsc1. The second-order valence-corrected chi connectivity index (χ2v) is 7.51. The van der Waals surface area contributed by atoms with Crippen LogP contribution in [0.25, 0.3) is 0 Å². The Bertz CT molecular complexity index is 532. The first-order valence-electron chi connectivity index (χ1n) is 9.06. The maximum absolute atomic E-state index is 12.3. The molecule has 1 aromatic heterocycles. The van der Waals surface area contributed by atoms with Gasteiger partial charge >= 0.3 is 0 Å². The smallest absolute Gasteiger partial charge is 0.252 e. The summed E-state index contributed by atoms with van der Waals surface area (Å²) >= 11 is 1.51. The minimum absolute atomic E-state index is 0.0473. The number of hydrogen-bond acceptors (Lipinski definition) is 4. The number of rotatable bonds is 6. The zero-order valence-electron chi connectivity index (χ0n) is 14.2. The van der Waals surface area contributed by atoms with Crippen molar-refractivity contribution in [2.75, 3.05) is 32.7 Å². The van der Waals surface area contributed by atoms with Gasteiger partial charge in [0.2, 0.25) is 5.91 Å². The van der Waals surface area contributed by atoms with Gasteiger partial charge in [-0.2, -0.15) is 11.3 Å². The van der Waals surface area contributed by atoms with Gasteiger partial charge in [0.1, 0.15) is 0 Å². The summed E-state index contributed by atoms with van der Waals surface area (Å²) in [6.45, 7) is 4.31. The lowest BCUT2D eigenvalue weighted by atomic mass is 10.1. The van der Waals surface area contributed by atoms with Crippen LogP contribution in [0, 0.1) is 0 Å². The van der Waals surface area contributed by atoms with Gasteiger partial charge in [0.05, 0.1) is 0 Å². The molecule has 3 rings (SSSR count). The lowest BCUT2D eigenvalue weighted by Gasteiger charge is -2.38. The van der Waals surface area contributed by atoms with Crippen LogP contribution in [0.3, 0.4) is 0 Å². The molecule has 1 N–H and O–H groups in total. The first-order chi connectivity index (χ1) is 11.7. The van der Waals surface area contributed by atoms with E-state index in [0.717, 1.165) is 32.2 Å². The molecule has 1 aromatic rings. The summed E-state index contributed by atoms with van der Waals surface area (Å²) in [5.74, 6) is 0.180. The highest BCUT2D eigenvalue weighted by atomic mass is 32.1. The number of thiophene rings is 1. The molecule has 0 atom stereocenters. The van der Waals surface area contributed by atoms with Crippen LogP contribution in [0.15, 0.2) is 16.8 Å². The van der Waals surface area contributed by atoms with Crippen molar-refractivity contribution in [1.29, 1.82) is 0 Å². The predicted molar refractivity (Wildman–Crippen MR) is 96.3 cm³/mol. The van der Waals surface area contributed by atoms with Crippen molar-refractivity contribution in [1.82, 2.24) is 15.1 Å². The van der Waals surface area contributed by atoms with Gasteiger partial charge in [-0.15, -0.1) is 0 Å². The fraction of sp³-hybridized carbons (Fsp3) is 0.667. The molecule has 2 aliphatic rings. The van der Waals surface area contributed by atoms with Gasteiger partial charge in [-0.3, -0.25) is 14.5 Å². The number of carbonyl (C=O) groups excluding carboxylic acids is 2. The Hall–Kier alpha value is -1.40. The largest absolute Gasteiger partial charge is 0.352 e. The van der Waals surface area contributed by atoms with E-state index in [-0.39, 0.29) is 11.8 Å². The molecule has 6 heteroatoms. The van der Waals surface area contributed by atoms with Crippen LogP contribution in [-0.4, -0.2) is 60.4 Å². The summed E-state index contributed by atoms with van der Waals surface area (Å²) in [7, 11) is 0. The van der Waals surface area contributed by atoms with Crippen LogP contribution in [0.4, 0.5) is 0 Å². The Morgan fingerprint density at radius 3 is 2.58 bits per heavy atom. The van der Waals surface area contributed by atoms with Crippen molar-refractivity contribution in [3.8, 4) is 0 Å². The Balaban J connectivity index is 1.30. The molecular weight excluding hydrogens is 322 g/mol. The zero-order chi connectivity index (χ0) is 16.8. The molecular formula is C18H27N3O2S. The van der Waals surface area contributed by atoms with Crippen molar-refractivity contribution < 1.29 is 9.59 Å². The van der Waals surface area contributed by atoms with E-state index in [9.17, 15) is 9.59 Å². The monoisotopic (exact) mass is 349 g/mol. The Morgan fingerprint density at radius 1 is 1.17 bits per heavy atom. The Kier molecular flexibility index (Phi) is 6.26. The second kappa shape index (κ2) is 8.62. The fourth-order valence-corrected chi connectivity index (χ4v) is 4.34. The van der Waals surface area contributed by atoms with E-state index < -0.39 is 0 Å². The number of nitrogens with one attached hydrogen (secondary N) is 1. The van der Waals surface area contributed by atoms with E-state index in [0.29, 0.717) is 24.9 Å². The lowest BCUT2D eigenvalue weighted by Crippen LogP contribution is -2.51. The van der Waals surface area contributed by atoms with Gasteiger partial charge in [0.25, 0.3) is 5.91 Å². The number of hydrogen-bond donors (Lipinski definition) is 1. The van der Waals surface area contributed by atoms with Crippen molar-refractivity contribution in [2.45, 2.75) is 44.6 Å². The molecule has 0 radical (unpaired) electrons. The molecule has 2 heterocycles. The molecule has 0 bridgehead atoms. The van der Waals surface area contributed by atoms with Crippen molar-refractivity contribution in [3.05, 3.63) is 22.4 Å². The van der Waals surface area contributed by atoms with Gasteiger partial charge in [-0.1, -0.05) is 12.8 Å². The minimum atomic E-state index is -0.0473. The maximum atomic E-state index is 12.3. The highest BCUT2D eigenvalue weighted by Gasteiger charge is 2.27. The number of nitrogens with zero attached hydrogens (tertiary/aromatic N) is 2. The molecule has 0 aromatic carbocycles. The maximum Gasteiger partial charge on any atom is 0.252 e. The second-order valence-electron chi connectivity index (χ2n) is 6.73. The quantitative estimate of drug-likeness (QED) is 0.802. The van der Waals surface area contributed by atoms with E-state index in [2.05, 4.69) is 10.2 Å². The van der Waals surface area contributed by atoms with Crippen LogP contribution in [0.1, 0.15) is 48.9 Å². The zero-order valence-corrected chi connectivity index (χ0v) is 15.0. The van der Waals surface area contributed by atoms with E-state index in [1.807, 2.05) is 21.7 Å². The summed E-state index contributed by atoms with van der Waals surface area (Å²) < 4.78 is 0. The molecule has 0 unspecified atom stereocenters. The van der Waals surface area contributed by atoms with Gasteiger partial charge in [-0.25, -0.2) is 0 Å². The van der Waals surface area contributed by atoms with Crippen molar-refractivity contribution in [2.24, 2.45) is 0 Å². The van der Waals surface area contributed by atoms with Gasteiger partial charge in [0.15, 0.2) is 0 Å². The summed E-state index contributed by atoms with van der Waals surface area (Å²) in [4.78, 5) is 28.7. The number of piperazine rings is 1. The van der Waals surface area contributed by atoms with Gasteiger partial charge < -0.3 is 10.2 Å². The van der Waals surface area contributed by atoms with E-state index in [1.165, 1.54) is 37.0 Å². The van der Waals surface area contributed by atoms with Crippen LogP contribution in [0.2, 0.25) is 0 Å². The Morgan fingerprint density at radius 2 is 1.92 bits per heavy atom. The van der Waals surface area contributed by atoms with Crippen molar-refractivity contribution in [3.63, 3.8) is 0 Å². The van der Waals surface area contributed by atoms with Gasteiger partial charge in [-0.05, 0) is 30.7 Å². The molecule has 2 amide bonds. The molecule has 132 valence electrons. The summed E-state index contributed by atoms with van der Waals surface area (Å²) in [5.41, 5.74) is 0.703. The van der Waals surface area contributed by atoms with Crippen molar-refractivity contribution >= 4 is 23.2 Å². The van der Waals surface area contributed by atoms with E-state index in [4.69, 9.17) is 0 Å². The Labute approximate surface area is 148 Å². The molecule has 1 aliphatic carbocycles. The summed E-state index contributed by atoms with van der Waals surface area (Å²) in [6, 6.07) is 2.57. The first-order valence-corrected chi connectivity index (χ1v) is 10.0. The van der Waals surface area contributed by atoms with Crippen LogP contribution in [-0.2, 0) is 4.79 Å². The molecule has 1 aliphatic heterocycles. The normalized spacial score (nSPS) is 19.6. The lowest BCUT2D eigenvalue weighted by molar-refractivity contribution is -0.133. The summed E-state index contributed by atoms with van der Waals surface area (Å²) in [6.07, 6.45) is 6.61. The van der Waals surface area contributed by atoms with E-state index >= 15 is 0 Å². The standard InChI is InChI=1S/C18H27N3O2S/c22-17(6-3-8-19-18(23)15-7-13-24-14-15)21-11-9-20(10-12-21)16-4-1-2-5-16/h7,13-14,16H,1-6,8-12H2,(H,19,23). The molecule has 1 saturated heterocycles. The number of amides is 2. The third kappa shape index (κ3) is 4.57. The highest BCUT2D eigenvalue weighted by molar-refractivity contribution is 7.08. The molecule has 1 saturated carbocycles. The summed E-state index contributed by atoms with van der Waals surface area (Å²) in [5, 5.41) is 6.61. The molecule has 24 heavy (non-hydrogen) atoms. The average Bonchev–Trinajstić information content (AvgIpc) is 3.32. The molecule has 0 spiro atoms.